The molecular weight excluding hydrogens is 567 g/mol. The molecule has 1 heterocycles. The number of hydrogen-bond acceptors (Lipinski definition) is 3. The first-order valence-electron chi connectivity index (χ1n) is 13.4. The quantitative estimate of drug-likeness (QED) is 0.121. The minimum atomic E-state index is -7.30. The second kappa shape index (κ2) is 15.1. The number of nitrogens with zero attached hydrogens (tertiary/aromatic N) is 2. The van der Waals surface area contributed by atoms with Crippen molar-refractivity contribution in [3.63, 3.8) is 0 Å². The predicted molar refractivity (Wildman–Crippen MR) is 128 cm³/mol. The third kappa shape index (κ3) is 9.12. The predicted octanol–water partition coefficient (Wildman–Crippen LogP) is 7.37. The van der Waals surface area contributed by atoms with Gasteiger partial charge in [-0.05, 0) is 6.42 Å². The van der Waals surface area contributed by atoms with Crippen LogP contribution in [0.25, 0.3) is 0 Å². The molecule has 0 aliphatic carbocycles. The molecule has 1 rings (SSSR count). The zero-order chi connectivity index (χ0) is 30.0. The molecule has 0 unspecified atom stereocenters. The normalized spacial score (nSPS) is 16.6. The van der Waals surface area contributed by atoms with Gasteiger partial charge in [0, 0.05) is 32.6 Å². The van der Waals surface area contributed by atoms with Gasteiger partial charge in [0.15, 0.2) is 0 Å². The Hall–Kier alpha value is -1.25. The van der Waals surface area contributed by atoms with Gasteiger partial charge in [0.05, 0.1) is 0 Å². The number of halogens is 9. The molecule has 1 aliphatic rings. The summed E-state index contributed by atoms with van der Waals surface area (Å²) in [4.78, 5) is 13.4. The first-order valence-corrected chi connectivity index (χ1v) is 14.9. The largest absolute Gasteiger partial charge is 0.460 e. The molecule has 0 bridgehead atoms. The Labute approximate surface area is 224 Å². The van der Waals surface area contributed by atoms with Gasteiger partial charge in [-0.15, -0.1) is 0 Å². The number of rotatable bonds is 18. The first kappa shape index (κ1) is 35.8. The number of amides is 1. The molecule has 1 fully saturated rings. The van der Waals surface area contributed by atoms with Crippen molar-refractivity contribution in [1.29, 1.82) is 0 Å². The first-order chi connectivity index (χ1) is 17.9. The van der Waals surface area contributed by atoms with Gasteiger partial charge in [-0.2, -0.15) is 43.8 Å². The summed E-state index contributed by atoms with van der Waals surface area (Å²) in [5, 5.41) is -6.75. The van der Waals surface area contributed by atoms with Gasteiger partial charge in [0.25, 0.3) is 10.0 Å². The van der Waals surface area contributed by atoms with Gasteiger partial charge in [-0.3, -0.25) is 4.79 Å². The van der Waals surface area contributed by atoms with E-state index in [2.05, 4.69) is 6.92 Å². The summed E-state index contributed by atoms with van der Waals surface area (Å²) in [5.41, 5.74) is 0. The maximum absolute atomic E-state index is 14.0. The van der Waals surface area contributed by atoms with Crippen molar-refractivity contribution >= 4 is 15.9 Å². The van der Waals surface area contributed by atoms with Crippen LogP contribution in [-0.4, -0.2) is 73.0 Å². The highest BCUT2D eigenvalue weighted by Gasteiger charge is 2.85. The molecule has 0 aromatic rings. The lowest BCUT2D eigenvalue weighted by molar-refractivity contribution is -0.382. The summed E-state index contributed by atoms with van der Waals surface area (Å²) in [6.45, 7) is -0.703. The topological polar surface area (TPSA) is 57.7 Å². The SMILES string of the molecule is CCCCCCCCCCCCCCCC(=O)N1CCN(S(=O)(=O)C(F)(F)C(F)(F)C(F)(F)C(F)(F)F)CC1. The Morgan fingerprint density at radius 2 is 1.00 bits per heavy atom. The highest BCUT2D eigenvalue weighted by atomic mass is 32.2. The second-order valence-corrected chi connectivity index (χ2v) is 11.9. The summed E-state index contributed by atoms with van der Waals surface area (Å²) < 4.78 is 142. The number of carbonyl (C=O) groups is 1. The number of unbranched alkanes of at least 4 members (excludes halogenated alkanes) is 12. The Kier molecular flexibility index (Phi) is 13.9. The number of sulfonamides is 1. The minimum Gasteiger partial charge on any atom is -0.340 e. The number of alkyl halides is 9. The fourth-order valence-electron chi connectivity index (χ4n) is 4.31. The van der Waals surface area contributed by atoms with Crippen LogP contribution in [0.5, 0.6) is 0 Å². The molecular formula is C24H39F9N2O3S. The lowest BCUT2D eigenvalue weighted by Gasteiger charge is -2.38. The third-order valence-electron chi connectivity index (χ3n) is 6.87. The summed E-state index contributed by atoms with van der Waals surface area (Å²) >= 11 is 0. The molecule has 0 aromatic carbocycles. The van der Waals surface area contributed by atoms with Crippen molar-refractivity contribution in [2.45, 2.75) is 120 Å². The number of hydrogen-bond donors (Lipinski definition) is 0. The van der Waals surface area contributed by atoms with Crippen LogP contribution in [0.4, 0.5) is 39.5 Å². The van der Waals surface area contributed by atoms with Gasteiger partial charge >= 0.3 is 23.3 Å². The van der Waals surface area contributed by atoms with Crippen molar-refractivity contribution in [1.82, 2.24) is 9.21 Å². The molecule has 0 aromatic heterocycles. The van der Waals surface area contributed by atoms with E-state index in [1.807, 2.05) is 0 Å². The van der Waals surface area contributed by atoms with E-state index in [1.54, 1.807) is 0 Å². The average molecular weight is 607 g/mol. The van der Waals surface area contributed by atoms with Gasteiger partial charge < -0.3 is 4.90 Å². The maximum Gasteiger partial charge on any atom is 0.460 e. The molecule has 0 atom stereocenters. The molecule has 232 valence electrons. The molecule has 0 N–H and O–H groups in total. The van der Waals surface area contributed by atoms with Crippen LogP contribution in [0.2, 0.25) is 0 Å². The van der Waals surface area contributed by atoms with Gasteiger partial charge in [0.1, 0.15) is 0 Å². The zero-order valence-corrected chi connectivity index (χ0v) is 23.0. The monoisotopic (exact) mass is 606 g/mol. The minimum absolute atomic E-state index is 0.0938. The molecule has 39 heavy (non-hydrogen) atoms. The van der Waals surface area contributed by atoms with E-state index < -0.39 is 65.4 Å². The van der Waals surface area contributed by atoms with E-state index in [4.69, 9.17) is 0 Å². The van der Waals surface area contributed by atoms with Crippen molar-refractivity contribution < 1.29 is 52.7 Å². The van der Waals surface area contributed by atoms with Gasteiger partial charge in [-0.1, -0.05) is 84.0 Å². The highest BCUT2D eigenvalue weighted by molar-refractivity contribution is 7.90. The van der Waals surface area contributed by atoms with Crippen LogP contribution in [0.1, 0.15) is 96.8 Å². The van der Waals surface area contributed by atoms with Crippen LogP contribution < -0.4 is 0 Å². The van der Waals surface area contributed by atoms with Crippen LogP contribution in [0, 0.1) is 0 Å². The number of carbonyl (C=O) groups excluding carboxylic acids is 1. The molecule has 1 amide bonds. The average Bonchev–Trinajstić information content (AvgIpc) is 2.85. The standard InChI is InChI=1S/C24H39F9N2O3S/c1-2-3-4-5-6-7-8-9-10-11-12-13-14-15-20(36)34-16-18-35(19-17-34)39(37,38)24(32,33)22(27,28)21(25,26)23(29,30)31/h2-19H2,1H3. The van der Waals surface area contributed by atoms with Gasteiger partial charge in [0.2, 0.25) is 5.91 Å². The summed E-state index contributed by atoms with van der Waals surface area (Å²) in [6.07, 6.45) is 7.20. The Morgan fingerprint density at radius 3 is 1.38 bits per heavy atom. The van der Waals surface area contributed by atoms with E-state index in [0.717, 1.165) is 37.0 Å². The molecule has 1 saturated heterocycles. The Bertz CT molecular complexity index is 844. The fraction of sp³-hybridized carbons (Fsp3) is 0.958. The lowest BCUT2D eigenvalue weighted by atomic mass is 10.0. The fourth-order valence-corrected chi connectivity index (χ4v) is 5.74. The van der Waals surface area contributed by atoms with Crippen LogP contribution in [0.15, 0.2) is 0 Å². The molecule has 0 spiro atoms. The smallest absolute Gasteiger partial charge is 0.340 e. The Balaban J connectivity index is 2.40. The van der Waals surface area contributed by atoms with E-state index in [-0.39, 0.29) is 10.7 Å². The van der Waals surface area contributed by atoms with E-state index in [0.29, 0.717) is 6.42 Å². The highest BCUT2D eigenvalue weighted by Crippen LogP contribution is 2.55. The molecule has 1 aliphatic heterocycles. The summed E-state index contributed by atoms with van der Waals surface area (Å²) in [6, 6.07) is 0. The number of piperazine rings is 1. The third-order valence-corrected chi connectivity index (χ3v) is 8.81. The van der Waals surface area contributed by atoms with E-state index in [1.165, 1.54) is 44.9 Å². The van der Waals surface area contributed by atoms with E-state index in [9.17, 15) is 52.7 Å². The van der Waals surface area contributed by atoms with Crippen molar-refractivity contribution in [3.8, 4) is 0 Å². The van der Waals surface area contributed by atoms with Crippen molar-refractivity contribution in [2.24, 2.45) is 0 Å². The van der Waals surface area contributed by atoms with Gasteiger partial charge in [-0.25, -0.2) is 8.42 Å². The molecule has 15 heteroatoms. The summed E-state index contributed by atoms with van der Waals surface area (Å²) in [5.74, 6) is -15.0. The zero-order valence-electron chi connectivity index (χ0n) is 22.2. The van der Waals surface area contributed by atoms with Crippen molar-refractivity contribution in [2.75, 3.05) is 26.2 Å². The second-order valence-electron chi connectivity index (χ2n) is 9.94. The van der Waals surface area contributed by atoms with Crippen LogP contribution >= 0.6 is 0 Å². The van der Waals surface area contributed by atoms with Crippen LogP contribution in [0.3, 0.4) is 0 Å². The lowest BCUT2D eigenvalue weighted by Crippen LogP contribution is -2.66. The summed E-state index contributed by atoms with van der Waals surface area (Å²) in [7, 11) is -6.62. The van der Waals surface area contributed by atoms with E-state index >= 15 is 0 Å². The van der Waals surface area contributed by atoms with Crippen LogP contribution in [-0.2, 0) is 14.8 Å². The molecule has 0 radical (unpaired) electrons. The maximum atomic E-state index is 14.0. The van der Waals surface area contributed by atoms with Crippen molar-refractivity contribution in [3.05, 3.63) is 0 Å². The molecule has 0 saturated carbocycles. The molecule has 5 nitrogen and oxygen atoms in total. The Morgan fingerprint density at radius 1 is 0.615 bits per heavy atom.